The van der Waals surface area contributed by atoms with E-state index >= 15 is 0 Å². The maximum Gasteiger partial charge on any atom is 0.267 e. The molecule has 0 radical (unpaired) electrons. The van der Waals surface area contributed by atoms with E-state index in [4.69, 9.17) is 16.4 Å². The summed E-state index contributed by atoms with van der Waals surface area (Å²) in [6, 6.07) is 13.1. The van der Waals surface area contributed by atoms with Crippen LogP contribution in [0.2, 0.25) is 5.02 Å². The van der Waals surface area contributed by atoms with Gasteiger partial charge in [-0.2, -0.15) is 0 Å². The third-order valence-electron chi connectivity index (χ3n) is 4.86. The summed E-state index contributed by atoms with van der Waals surface area (Å²) in [4.78, 5) is 21.7. The number of hydrogen-bond donors (Lipinski definition) is 1. The maximum atomic E-state index is 12.5. The first-order valence-electron chi connectivity index (χ1n) is 9.44. The number of anilines is 2. The van der Waals surface area contributed by atoms with E-state index < -0.39 is 6.10 Å². The number of fused-ring (bicyclic) bond motifs is 1. The van der Waals surface area contributed by atoms with Gasteiger partial charge in [-0.05, 0) is 73.9 Å². The molecule has 1 aliphatic heterocycles. The molecule has 0 unspecified atom stereocenters. The molecule has 146 valence electrons. The van der Waals surface area contributed by atoms with Gasteiger partial charge in [-0.1, -0.05) is 16.4 Å². The highest BCUT2D eigenvalue weighted by molar-refractivity contribution is 6.31. The van der Waals surface area contributed by atoms with Crippen LogP contribution in [0, 0.1) is 0 Å². The van der Waals surface area contributed by atoms with Gasteiger partial charge in [-0.3, -0.25) is 4.79 Å². The van der Waals surface area contributed by atoms with E-state index in [-0.39, 0.29) is 5.91 Å². The molecule has 0 bridgehead atoms. The summed E-state index contributed by atoms with van der Waals surface area (Å²) >= 11 is 6.02. The first-order chi connectivity index (χ1) is 13.6. The van der Waals surface area contributed by atoms with Crippen molar-refractivity contribution < 1.29 is 9.63 Å². The Morgan fingerprint density at radius 2 is 1.89 bits per heavy atom. The number of carbonyl (C=O) groups excluding carboxylic acids is 1. The monoisotopic (exact) mass is 399 g/mol. The van der Waals surface area contributed by atoms with Crippen molar-refractivity contribution in [3.05, 3.63) is 47.5 Å². The van der Waals surface area contributed by atoms with Crippen molar-refractivity contribution in [3.8, 4) is 0 Å². The lowest BCUT2D eigenvalue weighted by Crippen LogP contribution is -2.35. The number of carbonyl (C=O) groups is 1. The highest BCUT2D eigenvalue weighted by atomic mass is 35.5. The van der Waals surface area contributed by atoms with E-state index in [1.165, 1.54) is 29.8 Å². The molecule has 2 heterocycles. The largest absolute Gasteiger partial charge is 0.382 e. The maximum absolute atomic E-state index is 12.5. The van der Waals surface area contributed by atoms with Crippen molar-refractivity contribution in [3.63, 3.8) is 0 Å². The number of aromatic nitrogens is 3. The van der Waals surface area contributed by atoms with Gasteiger partial charge in [0.15, 0.2) is 0 Å². The zero-order valence-corrected chi connectivity index (χ0v) is 16.4. The second-order valence-electron chi connectivity index (χ2n) is 6.93. The molecular weight excluding hydrogens is 378 g/mol. The SMILES string of the molecule is C[C@H](On1nnc2ccc(Cl)cc21)C(=O)Nc1ccc(N2CCCCC2)cc1. The fourth-order valence-corrected chi connectivity index (χ4v) is 3.46. The van der Waals surface area contributed by atoms with Crippen LogP contribution in [0.25, 0.3) is 11.0 Å². The Labute approximate surface area is 168 Å². The minimum atomic E-state index is -0.759. The highest BCUT2D eigenvalue weighted by Crippen LogP contribution is 2.22. The number of nitrogens with zero attached hydrogens (tertiary/aromatic N) is 4. The molecular formula is C20H22ClN5O2. The molecule has 1 amide bonds. The lowest BCUT2D eigenvalue weighted by molar-refractivity contribution is -0.127. The number of nitrogens with one attached hydrogen (secondary N) is 1. The Morgan fingerprint density at radius 3 is 2.64 bits per heavy atom. The summed E-state index contributed by atoms with van der Waals surface area (Å²) in [5.74, 6) is -0.267. The quantitative estimate of drug-likeness (QED) is 0.710. The minimum Gasteiger partial charge on any atom is -0.382 e. The molecule has 1 aromatic heterocycles. The number of amides is 1. The molecule has 3 aromatic rings. The predicted octanol–water partition coefficient (Wildman–Crippen LogP) is 3.53. The average molecular weight is 400 g/mol. The number of rotatable bonds is 5. The van der Waals surface area contributed by atoms with Crippen LogP contribution in [-0.2, 0) is 4.79 Å². The highest BCUT2D eigenvalue weighted by Gasteiger charge is 2.18. The molecule has 8 heteroatoms. The van der Waals surface area contributed by atoms with Gasteiger partial charge in [0.2, 0.25) is 6.10 Å². The first kappa shape index (κ1) is 18.6. The van der Waals surface area contributed by atoms with E-state index in [0.29, 0.717) is 16.1 Å². The molecule has 28 heavy (non-hydrogen) atoms. The molecule has 1 atom stereocenters. The van der Waals surface area contributed by atoms with Gasteiger partial charge in [-0.15, -0.1) is 5.10 Å². The van der Waals surface area contributed by atoms with E-state index in [2.05, 4.69) is 20.5 Å². The second-order valence-corrected chi connectivity index (χ2v) is 7.36. The molecule has 1 fully saturated rings. The van der Waals surface area contributed by atoms with Gasteiger partial charge in [-0.25, -0.2) is 0 Å². The van der Waals surface area contributed by atoms with Crippen LogP contribution < -0.4 is 15.1 Å². The molecule has 4 rings (SSSR count). The van der Waals surface area contributed by atoms with Crippen molar-refractivity contribution >= 4 is 39.9 Å². The Balaban J connectivity index is 1.39. The Bertz CT molecular complexity index is 966. The smallest absolute Gasteiger partial charge is 0.267 e. The van der Waals surface area contributed by atoms with Crippen LogP contribution in [-0.4, -0.2) is 40.3 Å². The van der Waals surface area contributed by atoms with Gasteiger partial charge in [0.1, 0.15) is 11.0 Å². The van der Waals surface area contributed by atoms with Crippen LogP contribution in [0.1, 0.15) is 26.2 Å². The Kier molecular flexibility index (Phi) is 5.34. The number of halogens is 1. The number of hydrogen-bond acceptors (Lipinski definition) is 5. The van der Waals surface area contributed by atoms with Crippen LogP contribution in [0.5, 0.6) is 0 Å². The third kappa shape index (κ3) is 4.04. The second kappa shape index (κ2) is 8.06. The fraction of sp³-hybridized carbons (Fsp3) is 0.350. The fourth-order valence-electron chi connectivity index (χ4n) is 3.30. The summed E-state index contributed by atoms with van der Waals surface area (Å²) in [7, 11) is 0. The van der Waals surface area contributed by atoms with Crippen molar-refractivity contribution in [1.29, 1.82) is 0 Å². The number of piperidine rings is 1. The van der Waals surface area contributed by atoms with Gasteiger partial charge in [0.05, 0.1) is 0 Å². The topological polar surface area (TPSA) is 72.3 Å². The van der Waals surface area contributed by atoms with Crippen molar-refractivity contribution in [1.82, 2.24) is 15.2 Å². The minimum absolute atomic E-state index is 0.267. The molecule has 7 nitrogen and oxygen atoms in total. The number of benzene rings is 2. The van der Waals surface area contributed by atoms with Gasteiger partial charge in [0.25, 0.3) is 5.91 Å². The molecule has 1 N–H and O–H groups in total. The van der Waals surface area contributed by atoms with Gasteiger partial charge < -0.3 is 15.1 Å². The van der Waals surface area contributed by atoms with Gasteiger partial charge in [0, 0.05) is 29.5 Å². The Morgan fingerprint density at radius 1 is 1.14 bits per heavy atom. The summed E-state index contributed by atoms with van der Waals surface area (Å²) in [5, 5.41) is 11.4. The lowest BCUT2D eigenvalue weighted by Gasteiger charge is -2.28. The summed E-state index contributed by atoms with van der Waals surface area (Å²) in [5.41, 5.74) is 3.17. The van der Waals surface area contributed by atoms with Crippen molar-refractivity contribution in [2.24, 2.45) is 0 Å². The van der Waals surface area contributed by atoms with Crippen molar-refractivity contribution in [2.45, 2.75) is 32.3 Å². The molecule has 0 spiro atoms. The lowest BCUT2D eigenvalue weighted by atomic mass is 10.1. The molecule has 1 saturated heterocycles. The van der Waals surface area contributed by atoms with Crippen LogP contribution in [0.15, 0.2) is 42.5 Å². The third-order valence-corrected chi connectivity index (χ3v) is 5.10. The van der Waals surface area contributed by atoms with Gasteiger partial charge >= 0.3 is 0 Å². The summed E-state index contributed by atoms with van der Waals surface area (Å²) < 4.78 is 0. The average Bonchev–Trinajstić information content (AvgIpc) is 3.11. The first-order valence-corrected chi connectivity index (χ1v) is 9.82. The molecule has 0 saturated carbocycles. The standard InChI is InChI=1S/C20H22ClN5O2/c1-14(28-26-19-13-15(21)5-10-18(19)23-24-26)20(27)22-16-6-8-17(9-7-16)25-11-3-2-4-12-25/h5-10,13-14H,2-4,11-12H2,1H3,(H,22,27)/t14-/m0/s1. The van der Waals surface area contributed by atoms with E-state index in [1.807, 2.05) is 24.3 Å². The van der Waals surface area contributed by atoms with E-state index in [9.17, 15) is 4.79 Å². The van der Waals surface area contributed by atoms with E-state index in [0.717, 1.165) is 18.8 Å². The van der Waals surface area contributed by atoms with Crippen LogP contribution in [0.4, 0.5) is 11.4 Å². The van der Waals surface area contributed by atoms with Crippen molar-refractivity contribution in [2.75, 3.05) is 23.3 Å². The summed E-state index contributed by atoms with van der Waals surface area (Å²) in [6.07, 6.45) is 3.01. The summed E-state index contributed by atoms with van der Waals surface area (Å²) in [6.45, 7) is 3.84. The molecule has 0 aliphatic carbocycles. The van der Waals surface area contributed by atoms with Crippen LogP contribution >= 0.6 is 11.6 Å². The zero-order valence-electron chi connectivity index (χ0n) is 15.6. The molecule has 1 aliphatic rings. The predicted molar refractivity (Wildman–Crippen MR) is 110 cm³/mol. The van der Waals surface area contributed by atoms with E-state index in [1.54, 1.807) is 25.1 Å². The molecule has 2 aromatic carbocycles. The van der Waals surface area contributed by atoms with Crippen LogP contribution in [0.3, 0.4) is 0 Å². The normalized spacial score (nSPS) is 15.4. The zero-order chi connectivity index (χ0) is 19.5. The Hall–Kier alpha value is -2.80.